The molecule has 0 aliphatic carbocycles. The van der Waals surface area contributed by atoms with Crippen LogP contribution in [0.4, 0.5) is 4.79 Å². The van der Waals surface area contributed by atoms with Gasteiger partial charge in [0.25, 0.3) is 0 Å². The molecule has 1 aromatic rings. The van der Waals surface area contributed by atoms with Crippen molar-refractivity contribution in [2.45, 2.75) is 63.6 Å². The number of hydrogen-bond acceptors (Lipinski definition) is 4. The molecule has 5 heteroatoms. The first-order chi connectivity index (χ1) is 11.8. The third kappa shape index (κ3) is 6.01. The molecular weight excluding hydrogens is 318 g/mol. The van der Waals surface area contributed by atoms with E-state index in [-0.39, 0.29) is 12.7 Å². The molecule has 0 radical (unpaired) electrons. The van der Waals surface area contributed by atoms with Gasteiger partial charge in [-0.05, 0) is 52.0 Å². The minimum absolute atomic E-state index is 0.0421. The summed E-state index contributed by atoms with van der Waals surface area (Å²) < 4.78 is 11.1. The smallest absolute Gasteiger partial charge is 0.407 e. The number of rotatable bonds is 7. The van der Waals surface area contributed by atoms with Crippen LogP contribution < -0.4 is 5.32 Å². The molecule has 0 saturated carbocycles. The molecule has 0 spiro atoms. The molecule has 0 aromatic heterocycles. The fourth-order valence-corrected chi connectivity index (χ4v) is 3.22. The quantitative estimate of drug-likeness (QED) is 0.792. The second kappa shape index (κ2) is 8.68. The summed E-state index contributed by atoms with van der Waals surface area (Å²) in [5, 5.41) is 13.1. The van der Waals surface area contributed by atoms with Crippen LogP contribution in [0.2, 0.25) is 0 Å². The molecule has 2 unspecified atom stereocenters. The van der Waals surface area contributed by atoms with Crippen molar-refractivity contribution < 1.29 is 19.4 Å². The van der Waals surface area contributed by atoms with Crippen molar-refractivity contribution >= 4 is 6.09 Å². The molecule has 1 amide bonds. The Morgan fingerprint density at radius 3 is 2.60 bits per heavy atom. The van der Waals surface area contributed by atoms with Crippen molar-refractivity contribution in [1.29, 1.82) is 0 Å². The number of amides is 1. The van der Waals surface area contributed by atoms with Crippen molar-refractivity contribution in [2.24, 2.45) is 0 Å². The zero-order chi connectivity index (χ0) is 18.3. The van der Waals surface area contributed by atoms with Gasteiger partial charge in [0.2, 0.25) is 0 Å². The van der Waals surface area contributed by atoms with Gasteiger partial charge in [-0.1, -0.05) is 30.3 Å². The predicted octanol–water partition coefficient (Wildman–Crippen LogP) is 3.40. The van der Waals surface area contributed by atoms with Gasteiger partial charge in [0.15, 0.2) is 0 Å². The van der Waals surface area contributed by atoms with E-state index in [1.165, 1.54) is 0 Å². The Labute approximate surface area is 150 Å². The number of ether oxygens (including phenoxy) is 2. The summed E-state index contributed by atoms with van der Waals surface area (Å²) in [6.07, 6.45) is 3.56. The van der Waals surface area contributed by atoms with Gasteiger partial charge in [0, 0.05) is 18.6 Å². The molecule has 0 bridgehead atoms. The third-order valence-electron chi connectivity index (χ3n) is 4.63. The van der Waals surface area contributed by atoms with Gasteiger partial charge in [0.1, 0.15) is 5.60 Å². The lowest BCUT2D eigenvalue weighted by Crippen LogP contribution is -2.45. The number of carbonyl (C=O) groups excluding carboxylic acids is 1. The number of nitrogens with one attached hydrogen (secondary N) is 1. The van der Waals surface area contributed by atoms with Crippen LogP contribution in [0.5, 0.6) is 0 Å². The molecule has 1 heterocycles. The van der Waals surface area contributed by atoms with E-state index in [2.05, 4.69) is 5.32 Å². The first-order valence-electron chi connectivity index (χ1n) is 9.09. The summed E-state index contributed by atoms with van der Waals surface area (Å²) in [5.41, 5.74) is -0.0629. The normalized spacial score (nSPS) is 20.1. The topological polar surface area (TPSA) is 67.8 Å². The summed E-state index contributed by atoms with van der Waals surface area (Å²) in [7, 11) is 0. The minimum atomic E-state index is -0.545. The van der Waals surface area contributed by atoms with Crippen LogP contribution in [0.15, 0.2) is 30.3 Å². The largest absolute Gasteiger partial charge is 0.444 e. The SMILES string of the molecule is CC(C)(C)OC(=O)NCC(CO)(CCC1CCCO1)c1ccccc1. The number of carbonyl (C=O) groups is 1. The Hall–Kier alpha value is -1.59. The van der Waals surface area contributed by atoms with Crippen LogP contribution in [-0.2, 0) is 14.9 Å². The second-order valence-corrected chi connectivity index (χ2v) is 7.83. The number of aliphatic hydroxyl groups excluding tert-OH is 1. The first-order valence-corrected chi connectivity index (χ1v) is 9.09. The van der Waals surface area contributed by atoms with E-state index in [0.29, 0.717) is 6.54 Å². The predicted molar refractivity (Wildman–Crippen MR) is 97.7 cm³/mol. The highest BCUT2D eigenvalue weighted by molar-refractivity contribution is 5.67. The van der Waals surface area contributed by atoms with Crippen LogP contribution in [-0.4, -0.2) is 42.7 Å². The molecule has 2 rings (SSSR count). The maximum Gasteiger partial charge on any atom is 0.407 e. The van der Waals surface area contributed by atoms with Crippen LogP contribution in [0.25, 0.3) is 0 Å². The van der Waals surface area contributed by atoms with Gasteiger partial charge < -0.3 is 19.9 Å². The van der Waals surface area contributed by atoms with Crippen molar-refractivity contribution in [2.75, 3.05) is 19.8 Å². The molecule has 2 atom stereocenters. The van der Waals surface area contributed by atoms with Crippen LogP contribution in [0.3, 0.4) is 0 Å². The second-order valence-electron chi connectivity index (χ2n) is 7.83. The van der Waals surface area contributed by atoms with Gasteiger partial charge in [-0.3, -0.25) is 0 Å². The van der Waals surface area contributed by atoms with E-state index >= 15 is 0 Å². The lowest BCUT2D eigenvalue weighted by Gasteiger charge is -2.34. The molecule has 1 fully saturated rings. The van der Waals surface area contributed by atoms with Crippen LogP contribution >= 0.6 is 0 Å². The number of aliphatic hydroxyl groups is 1. The summed E-state index contributed by atoms with van der Waals surface area (Å²) in [6.45, 7) is 6.61. The van der Waals surface area contributed by atoms with Gasteiger partial charge in [0.05, 0.1) is 12.7 Å². The van der Waals surface area contributed by atoms with Crippen molar-refractivity contribution in [3.63, 3.8) is 0 Å². The Bertz CT molecular complexity index is 534. The third-order valence-corrected chi connectivity index (χ3v) is 4.63. The first kappa shape index (κ1) is 19.7. The van der Waals surface area contributed by atoms with E-state index < -0.39 is 17.1 Å². The Kier molecular flexibility index (Phi) is 6.85. The van der Waals surface area contributed by atoms with Crippen LogP contribution in [0.1, 0.15) is 52.0 Å². The number of alkyl carbamates (subject to hydrolysis) is 1. The zero-order valence-corrected chi connectivity index (χ0v) is 15.6. The molecule has 1 aromatic carbocycles. The van der Waals surface area contributed by atoms with Crippen molar-refractivity contribution in [3.8, 4) is 0 Å². The van der Waals surface area contributed by atoms with Crippen molar-refractivity contribution in [3.05, 3.63) is 35.9 Å². The van der Waals surface area contributed by atoms with E-state index in [4.69, 9.17) is 9.47 Å². The minimum Gasteiger partial charge on any atom is -0.444 e. The fraction of sp³-hybridized carbons (Fsp3) is 0.650. The molecule has 1 aliphatic rings. The molecule has 1 saturated heterocycles. The van der Waals surface area contributed by atoms with Gasteiger partial charge in [-0.2, -0.15) is 0 Å². The lowest BCUT2D eigenvalue weighted by molar-refractivity contribution is 0.0489. The van der Waals surface area contributed by atoms with Gasteiger partial charge in [-0.15, -0.1) is 0 Å². The summed E-state index contributed by atoms with van der Waals surface area (Å²) in [4.78, 5) is 12.1. The summed E-state index contributed by atoms with van der Waals surface area (Å²) in [6, 6.07) is 9.87. The van der Waals surface area contributed by atoms with E-state index in [1.807, 2.05) is 51.1 Å². The average molecular weight is 349 g/mol. The highest BCUT2D eigenvalue weighted by Gasteiger charge is 2.34. The average Bonchev–Trinajstić information content (AvgIpc) is 3.08. The zero-order valence-electron chi connectivity index (χ0n) is 15.6. The summed E-state index contributed by atoms with van der Waals surface area (Å²) >= 11 is 0. The van der Waals surface area contributed by atoms with Gasteiger partial charge in [-0.25, -0.2) is 4.79 Å². The van der Waals surface area contributed by atoms with E-state index in [9.17, 15) is 9.90 Å². The van der Waals surface area contributed by atoms with Crippen molar-refractivity contribution in [1.82, 2.24) is 5.32 Å². The van der Waals surface area contributed by atoms with Crippen LogP contribution in [0, 0.1) is 0 Å². The number of hydrogen-bond donors (Lipinski definition) is 2. The standard InChI is InChI=1S/C20H31NO4/c1-19(2,3)25-18(23)21-14-20(15-22,16-8-5-4-6-9-16)12-11-17-10-7-13-24-17/h4-6,8-9,17,22H,7,10-15H2,1-3H3,(H,21,23). The Balaban J connectivity index is 2.08. The molecule has 140 valence electrons. The molecular formula is C20H31NO4. The molecule has 1 aliphatic heterocycles. The Morgan fingerprint density at radius 1 is 1.32 bits per heavy atom. The highest BCUT2D eigenvalue weighted by atomic mass is 16.6. The van der Waals surface area contributed by atoms with E-state index in [0.717, 1.165) is 37.9 Å². The van der Waals surface area contributed by atoms with E-state index in [1.54, 1.807) is 0 Å². The number of benzene rings is 1. The molecule has 2 N–H and O–H groups in total. The molecule has 5 nitrogen and oxygen atoms in total. The molecule has 25 heavy (non-hydrogen) atoms. The maximum atomic E-state index is 12.1. The van der Waals surface area contributed by atoms with Gasteiger partial charge >= 0.3 is 6.09 Å². The summed E-state index contributed by atoms with van der Waals surface area (Å²) in [5.74, 6) is 0. The fourth-order valence-electron chi connectivity index (χ4n) is 3.22. The monoisotopic (exact) mass is 349 g/mol. The maximum absolute atomic E-state index is 12.1. The highest BCUT2D eigenvalue weighted by Crippen LogP contribution is 2.31. The Morgan fingerprint density at radius 2 is 2.04 bits per heavy atom. The lowest BCUT2D eigenvalue weighted by atomic mass is 9.76.